The summed E-state index contributed by atoms with van der Waals surface area (Å²) in [4.78, 5) is 38.1. The van der Waals surface area contributed by atoms with Crippen molar-refractivity contribution in [2.45, 2.75) is 329 Å². The molecule has 0 aliphatic heterocycles. The van der Waals surface area contributed by atoms with Crippen molar-refractivity contribution in [3.63, 3.8) is 0 Å². The van der Waals surface area contributed by atoms with E-state index >= 15 is 0 Å². The fourth-order valence-corrected chi connectivity index (χ4v) is 9.02. The highest BCUT2D eigenvalue weighted by molar-refractivity contribution is 5.71. The summed E-state index contributed by atoms with van der Waals surface area (Å²) in [5.74, 6) is -0.856. The summed E-state index contributed by atoms with van der Waals surface area (Å²) in [5.41, 5.74) is 0. The second-order valence-corrected chi connectivity index (χ2v) is 20.6. The molecule has 408 valence electrons. The highest BCUT2D eigenvalue weighted by Crippen LogP contribution is 2.17. The van der Waals surface area contributed by atoms with Crippen LogP contribution in [-0.4, -0.2) is 37.2 Å². The van der Waals surface area contributed by atoms with Crippen LogP contribution >= 0.6 is 0 Å². The molecule has 0 aromatic heterocycles. The third-order valence-corrected chi connectivity index (χ3v) is 13.6. The minimum atomic E-state index is -0.768. The number of allylic oxidation sites excluding steroid dienone is 8. The Kier molecular flexibility index (Phi) is 56.7. The molecule has 0 bridgehead atoms. The highest BCUT2D eigenvalue weighted by Gasteiger charge is 2.19. The topological polar surface area (TPSA) is 78.9 Å². The summed E-state index contributed by atoms with van der Waals surface area (Å²) in [6.07, 6.45) is 72.7. The van der Waals surface area contributed by atoms with E-state index in [0.717, 1.165) is 83.5 Å². The van der Waals surface area contributed by atoms with E-state index in [1.165, 1.54) is 199 Å². The molecule has 6 heteroatoms. The van der Waals surface area contributed by atoms with Gasteiger partial charge in [0.25, 0.3) is 0 Å². The van der Waals surface area contributed by atoms with Gasteiger partial charge in [-0.05, 0) is 57.8 Å². The van der Waals surface area contributed by atoms with Gasteiger partial charge in [-0.1, -0.05) is 294 Å². The van der Waals surface area contributed by atoms with E-state index in [-0.39, 0.29) is 31.1 Å². The van der Waals surface area contributed by atoms with Gasteiger partial charge in [-0.3, -0.25) is 14.4 Å². The normalized spacial score (nSPS) is 12.3. The zero-order valence-corrected chi connectivity index (χ0v) is 46.8. The van der Waals surface area contributed by atoms with Crippen LogP contribution < -0.4 is 0 Å². The van der Waals surface area contributed by atoms with E-state index in [4.69, 9.17) is 14.2 Å². The SMILES string of the molecule is CC/C=C\C/C=C\C/C=C\C/C=C\CCCCCCCCCCCCCCC(=O)OCC(COC(=O)CCCCCCCCCC)OC(=O)CCCCCCCCCCCCCCCCCCCCC. The van der Waals surface area contributed by atoms with E-state index in [0.29, 0.717) is 19.3 Å². The maximum absolute atomic E-state index is 12.8. The Bertz CT molecular complexity index is 1220. The molecule has 0 heterocycles. The molecule has 0 spiro atoms. The zero-order chi connectivity index (χ0) is 50.7. The number of esters is 3. The van der Waals surface area contributed by atoms with Crippen molar-refractivity contribution < 1.29 is 28.6 Å². The first-order chi connectivity index (χ1) is 34.5. The molecule has 6 nitrogen and oxygen atoms in total. The summed E-state index contributed by atoms with van der Waals surface area (Å²) < 4.78 is 16.9. The molecule has 0 amide bonds. The van der Waals surface area contributed by atoms with E-state index in [1.807, 2.05) is 0 Å². The van der Waals surface area contributed by atoms with E-state index in [2.05, 4.69) is 69.4 Å². The summed E-state index contributed by atoms with van der Waals surface area (Å²) in [7, 11) is 0. The van der Waals surface area contributed by atoms with Crippen LogP contribution in [0.3, 0.4) is 0 Å². The summed E-state index contributed by atoms with van der Waals surface area (Å²) in [6, 6.07) is 0. The van der Waals surface area contributed by atoms with Gasteiger partial charge in [0.05, 0.1) is 0 Å². The molecule has 0 saturated carbocycles. The third-order valence-electron chi connectivity index (χ3n) is 13.6. The van der Waals surface area contributed by atoms with Crippen LogP contribution in [0.15, 0.2) is 48.6 Å². The maximum Gasteiger partial charge on any atom is 0.306 e. The monoisotopic (exact) mass is 981 g/mol. The van der Waals surface area contributed by atoms with Gasteiger partial charge in [-0.25, -0.2) is 0 Å². The first-order valence-electron chi connectivity index (χ1n) is 30.6. The average Bonchev–Trinajstić information content (AvgIpc) is 3.36. The Labute approximate surface area is 435 Å². The number of carbonyl (C=O) groups is 3. The molecule has 0 aliphatic rings. The Morgan fingerprint density at radius 3 is 0.871 bits per heavy atom. The van der Waals surface area contributed by atoms with Gasteiger partial charge in [0.15, 0.2) is 6.10 Å². The van der Waals surface area contributed by atoms with Crippen molar-refractivity contribution >= 4 is 17.9 Å². The summed E-state index contributed by atoms with van der Waals surface area (Å²) >= 11 is 0. The average molecular weight is 982 g/mol. The van der Waals surface area contributed by atoms with Crippen LogP contribution in [-0.2, 0) is 28.6 Å². The second-order valence-electron chi connectivity index (χ2n) is 20.6. The van der Waals surface area contributed by atoms with Crippen LogP contribution in [0.1, 0.15) is 323 Å². The second kappa shape index (κ2) is 58.9. The van der Waals surface area contributed by atoms with Crippen molar-refractivity contribution in [3.05, 3.63) is 48.6 Å². The van der Waals surface area contributed by atoms with Crippen molar-refractivity contribution in [2.24, 2.45) is 0 Å². The lowest BCUT2D eigenvalue weighted by Crippen LogP contribution is -2.30. The zero-order valence-electron chi connectivity index (χ0n) is 46.8. The number of carbonyl (C=O) groups excluding carboxylic acids is 3. The van der Waals surface area contributed by atoms with E-state index in [1.54, 1.807) is 0 Å². The number of hydrogen-bond donors (Lipinski definition) is 0. The van der Waals surface area contributed by atoms with Crippen molar-refractivity contribution in [1.29, 1.82) is 0 Å². The molecule has 70 heavy (non-hydrogen) atoms. The lowest BCUT2D eigenvalue weighted by molar-refractivity contribution is -0.167. The fourth-order valence-electron chi connectivity index (χ4n) is 9.02. The molecule has 1 atom stereocenters. The van der Waals surface area contributed by atoms with Gasteiger partial charge in [-0.2, -0.15) is 0 Å². The molecule has 1 unspecified atom stereocenters. The smallest absolute Gasteiger partial charge is 0.306 e. The number of unbranched alkanes of at least 4 members (excludes halogenated alkanes) is 37. The number of rotatable bonds is 56. The number of hydrogen-bond acceptors (Lipinski definition) is 6. The lowest BCUT2D eigenvalue weighted by Gasteiger charge is -2.18. The van der Waals surface area contributed by atoms with Crippen LogP contribution in [0, 0.1) is 0 Å². The predicted molar refractivity (Wildman–Crippen MR) is 302 cm³/mol. The van der Waals surface area contributed by atoms with Gasteiger partial charge in [0.1, 0.15) is 13.2 Å². The maximum atomic E-state index is 12.8. The van der Waals surface area contributed by atoms with E-state index < -0.39 is 6.10 Å². The largest absolute Gasteiger partial charge is 0.462 e. The molecule has 0 radical (unpaired) electrons. The predicted octanol–water partition coefficient (Wildman–Crippen LogP) is 20.6. The van der Waals surface area contributed by atoms with Crippen LogP contribution in [0.25, 0.3) is 0 Å². The molecule has 0 N–H and O–H groups in total. The van der Waals surface area contributed by atoms with Crippen molar-refractivity contribution in [2.75, 3.05) is 13.2 Å². The van der Waals surface area contributed by atoms with Crippen LogP contribution in [0.5, 0.6) is 0 Å². The Morgan fingerprint density at radius 2 is 0.557 bits per heavy atom. The molecule has 0 aromatic carbocycles. The highest BCUT2D eigenvalue weighted by atomic mass is 16.6. The third kappa shape index (κ3) is 56.3. The minimum absolute atomic E-state index is 0.0687. The van der Waals surface area contributed by atoms with Crippen molar-refractivity contribution in [1.82, 2.24) is 0 Å². The Morgan fingerprint density at radius 1 is 0.300 bits per heavy atom. The van der Waals surface area contributed by atoms with Crippen molar-refractivity contribution in [3.8, 4) is 0 Å². The molecule has 0 aliphatic carbocycles. The van der Waals surface area contributed by atoms with Crippen LogP contribution in [0.2, 0.25) is 0 Å². The first kappa shape index (κ1) is 67.4. The molecule has 0 saturated heterocycles. The van der Waals surface area contributed by atoms with Gasteiger partial charge >= 0.3 is 17.9 Å². The number of ether oxygens (including phenoxy) is 3. The Hall–Kier alpha value is -2.63. The summed E-state index contributed by atoms with van der Waals surface area (Å²) in [5, 5.41) is 0. The summed E-state index contributed by atoms with van der Waals surface area (Å²) in [6.45, 7) is 6.54. The van der Waals surface area contributed by atoms with E-state index in [9.17, 15) is 14.4 Å². The molecule has 0 rings (SSSR count). The molecule has 0 aromatic rings. The first-order valence-corrected chi connectivity index (χ1v) is 30.6. The quantitative estimate of drug-likeness (QED) is 0.0261. The molecular formula is C64H116O6. The van der Waals surface area contributed by atoms with Gasteiger partial charge in [0, 0.05) is 19.3 Å². The van der Waals surface area contributed by atoms with Gasteiger partial charge < -0.3 is 14.2 Å². The lowest BCUT2D eigenvalue weighted by atomic mass is 10.0. The van der Waals surface area contributed by atoms with Gasteiger partial charge in [0.2, 0.25) is 0 Å². The fraction of sp³-hybridized carbons (Fsp3) is 0.828. The molecule has 0 fully saturated rings. The Balaban J connectivity index is 4.15. The minimum Gasteiger partial charge on any atom is -0.462 e. The van der Waals surface area contributed by atoms with Gasteiger partial charge in [-0.15, -0.1) is 0 Å². The van der Waals surface area contributed by atoms with Crippen LogP contribution in [0.4, 0.5) is 0 Å². The standard InChI is InChI=1S/C64H116O6/c1-4-7-10-13-16-19-21-23-25-27-29-30-31-32-33-34-36-37-39-41-43-45-48-51-54-57-63(66)69-60-61(59-68-62(65)56-53-50-47-18-15-12-9-6-3)70-64(67)58-55-52-49-46-44-42-40-38-35-28-26-24-22-20-17-14-11-8-5-2/h7,10,16,19,23,25,29-30,61H,4-6,8-9,11-15,17-18,20-22,24,26-28,31-60H2,1-3H3/b10-7-,19-16-,25-23-,30-29-. The molecular weight excluding hydrogens is 865 g/mol.